The predicted octanol–water partition coefficient (Wildman–Crippen LogP) is -0.873. The molecule has 136 valence electrons. The summed E-state index contributed by atoms with van der Waals surface area (Å²) in [5.74, 6) is -3.56. The molecule has 9 heteroatoms. The molecule has 0 radical (unpaired) electrons. The molecule has 3 N–H and O–H groups in total. The van der Waals surface area contributed by atoms with Gasteiger partial charge >= 0.3 is 11.9 Å². The Balaban J connectivity index is 2.77. The van der Waals surface area contributed by atoms with Crippen LogP contribution in [0.5, 0.6) is 0 Å². The van der Waals surface area contributed by atoms with E-state index in [4.69, 9.17) is 4.74 Å². The number of nitrogens with zero attached hydrogens (tertiary/aromatic N) is 1. The van der Waals surface area contributed by atoms with Crippen molar-refractivity contribution >= 4 is 23.8 Å². The molecule has 0 aromatic rings. The maximum absolute atomic E-state index is 12.3. The van der Waals surface area contributed by atoms with E-state index in [0.717, 1.165) is 0 Å². The summed E-state index contributed by atoms with van der Waals surface area (Å²) in [4.78, 5) is 48.0. The minimum absolute atomic E-state index is 0.0313. The van der Waals surface area contributed by atoms with E-state index in [1.165, 1.54) is 18.7 Å². The van der Waals surface area contributed by atoms with Gasteiger partial charge in [0.25, 0.3) is 0 Å². The largest absolute Gasteiger partial charge is 0.480 e. The van der Waals surface area contributed by atoms with Crippen LogP contribution in [0.3, 0.4) is 0 Å². The number of nitrogens with one attached hydrogen (secondary N) is 1. The number of aliphatic hydroxyl groups excluding tert-OH is 1. The van der Waals surface area contributed by atoms with Gasteiger partial charge in [0.1, 0.15) is 12.1 Å². The second-order valence-electron chi connectivity index (χ2n) is 5.89. The number of carboxylic acid groups (broad SMARTS) is 1. The molecule has 9 nitrogen and oxygen atoms in total. The van der Waals surface area contributed by atoms with Gasteiger partial charge < -0.3 is 25.2 Å². The van der Waals surface area contributed by atoms with E-state index in [1.807, 2.05) is 0 Å². The number of esters is 1. The van der Waals surface area contributed by atoms with Crippen molar-refractivity contribution in [1.82, 2.24) is 10.2 Å². The van der Waals surface area contributed by atoms with E-state index < -0.39 is 42.0 Å². The zero-order chi connectivity index (χ0) is 18.4. The van der Waals surface area contributed by atoms with Crippen LogP contribution in [0.1, 0.15) is 33.6 Å². The van der Waals surface area contributed by atoms with Crippen LogP contribution in [-0.4, -0.2) is 70.2 Å². The van der Waals surface area contributed by atoms with Crippen LogP contribution < -0.4 is 5.32 Å². The first kappa shape index (κ1) is 19.9. The fourth-order valence-corrected chi connectivity index (χ4v) is 2.71. The molecule has 1 saturated heterocycles. The van der Waals surface area contributed by atoms with Crippen molar-refractivity contribution in [3.8, 4) is 0 Å². The Morgan fingerprint density at radius 1 is 1.33 bits per heavy atom. The molecule has 1 rings (SSSR count). The Kier molecular flexibility index (Phi) is 7.15. The molecular weight excluding hydrogens is 320 g/mol. The van der Waals surface area contributed by atoms with E-state index >= 15 is 0 Å². The van der Waals surface area contributed by atoms with Gasteiger partial charge in [0.15, 0.2) is 0 Å². The molecule has 1 aliphatic heterocycles. The highest BCUT2D eigenvalue weighted by Gasteiger charge is 2.39. The highest BCUT2D eigenvalue weighted by molar-refractivity contribution is 5.90. The molecule has 24 heavy (non-hydrogen) atoms. The average molecular weight is 344 g/mol. The number of hydrogen-bond donors (Lipinski definition) is 3. The summed E-state index contributed by atoms with van der Waals surface area (Å²) in [6.07, 6.45) is -0.941. The normalized spacial score (nSPS) is 22.6. The Hall–Kier alpha value is -2.16. The van der Waals surface area contributed by atoms with E-state index in [2.05, 4.69) is 5.32 Å². The minimum atomic E-state index is -1.30. The smallest absolute Gasteiger partial charge is 0.326 e. The monoisotopic (exact) mass is 344 g/mol. The topological polar surface area (TPSA) is 133 Å². The summed E-state index contributed by atoms with van der Waals surface area (Å²) < 4.78 is 4.78. The van der Waals surface area contributed by atoms with Gasteiger partial charge in [-0.15, -0.1) is 0 Å². The van der Waals surface area contributed by atoms with E-state index in [9.17, 15) is 29.4 Å². The zero-order valence-electron chi connectivity index (χ0n) is 14.0. The standard InChI is InChI=1S/C15H24N2O7/c1-4-24-12(20)5-8(2)13(15(22)23)16-14(21)11-6-10(19)7-17(11)9(3)18/h8,10-11,13,19H,4-7H2,1-3H3,(H,16,21)(H,22,23)/t8-,10-,11+,13+/m1/s1. The number of carbonyl (C=O) groups is 4. The molecule has 4 atom stereocenters. The number of hydrogen-bond acceptors (Lipinski definition) is 6. The number of ether oxygens (including phenoxy) is 1. The van der Waals surface area contributed by atoms with Crippen LogP contribution in [-0.2, 0) is 23.9 Å². The molecular formula is C15H24N2O7. The lowest BCUT2D eigenvalue weighted by molar-refractivity contribution is -0.148. The lowest BCUT2D eigenvalue weighted by Crippen LogP contribution is -2.52. The molecule has 0 spiro atoms. The number of amides is 2. The van der Waals surface area contributed by atoms with E-state index in [-0.39, 0.29) is 31.9 Å². The van der Waals surface area contributed by atoms with Crippen molar-refractivity contribution in [2.45, 2.75) is 51.8 Å². The van der Waals surface area contributed by atoms with Crippen molar-refractivity contribution in [3.63, 3.8) is 0 Å². The van der Waals surface area contributed by atoms with Crippen LogP contribution >= 0.6 is 0 Å². The number of aliphatic hydroxyl groups is 1. The van der Waals surface area contributed by atoms with E-state index in [0.29, 0.717) is 0 Å². The number of carboxylic acids is 1. The van der Waals surface area contributed by atoms with Gasteiger partial charge in [-0.1, -0.05) is 6.92 Å². The Morgan fingerprint density at radius 3 is 2.46 bits per heavy atom. The quantitative estimate of drug-likeness (QED) is 0.511. The SMILES string of the molecule is CCOC(=O)C[C@@H](C)[C@H](NC(=O)[C@@H]1C[C@@H](O)CN1C(C)=O)C(=O)O. The number of aliphatic carboxylic acids is 1. The van der Waals surface area contributed by atoms with Crippen LogP contribution in [0.4, 0.5) is 0 Å². The molecule has 0 unspecified atom stereocenters. The Morgan fingerprint density at radius 2 is 1.96 bits per heavy atom. The molecule has 0 aromatic carbocycles. The van der Waals surface area contributed by atoms with Crippen LogP contribution in [0.2, 0.25) is 0 Å². The van der Waals surface area contributed by atoms with Crippen molar-refractivity contribution in [2.24, 2.45) is 5.92 Å². The summed E-state index contributed by atoms with van der Waals surface area (Å²) in [7, 11) is 0. The second kappa shape index (κ2) is 8.62. The molecule has 0 bridgehead atoms. The molecule has 0 aromatic heterocycles. The highest BCUT2D eigenvalue weighted by atomic mass is 16.5. The molecule has 1 aliphatic rings. The fourth-order valence-electron chi connectivity index (χ4n) is 2.71. The van der Waals surface area contributed by atoms with Gasteiger partial charge in [0.05, 0.1) is 19.1 Å². The van der Waals surface area contributed by atoms with Gasteiger partial charge in [-0.3, -0.25) is 14.4 Å². The maximum atomic E-state index is 12.3. The summed E-state index contributed by atoms with van der Waals surface area (Å²) in [6.45, 7) is 4.64. The number of carbonyl (C=O) groups excluding carboxylic acids is 3. The third-order valence-corrected chi connectivity index (χ3v) is 3.91. The number of likely N-dealkylation sites (tertiary alicyclic amines) is 1. The Bertz CT molecular complexity index is 508. The van der Waals surface area contributed by atoms with E-state index in [1.54, 1.807) is 6.92 Å². The van der Waals surface area contributed by atoms with Gasteiger partial charge in [-0.2, -0.15) is 0 Å². The Labute approximate surface area is 140 Å². The summed E-state index contributed by atoms with van der Waals surface area (Å²) in [5, 5.41) is 21.3. The highest BCUT2D eigenvalue weighted by Crippen LogP contribution is 2.19. The third kappa shape index (κ3) is 5.19. The lowest BCUT2D eigenvalue weighted by Gasteiger charge is -2.26. The predicted molar refractivity (Wildman–Crippen MR) is 81.8 cm³/mol. The lowest BCUT2D eigenvalue weighted by atomic mass is 9.97. The van der Waals surface area contributed by atoms with Crippen LogP contribution in [0.25, 0.3) is 0 Å². The first-order valence-electron chi connectivity index (χ1n) is 7.81. The first-order chi connectivity index (χ1) is 11.2. The molecule has 1 heterocycles. The van der Waals surface area contributed by atoms with Gasteiger partial charge in [0.2, 0.25) is 11.8 Å². The molecule has 1 fully saturated rings. The van der Waals surface area contributed by atoms with Gasteiger partial charge in [-0.05, 0) is 12.8 Å². The average Bonchev–Trinajstić information content (AvgIpc) is 2.86. The first-order valence-corrected chi connectivity index (χ1v) is 7.81. The number of rotatable bonds is 7. The number of β-amino-alcohol motifs (C(OH)–C–C–N with tert-alkyl or cyclic N) is 1. The summed E-state index contributed by atoms with van der Waals surface area (Å²) in [6, 6.07) is -2.22. The van der Waals surface area contributed by atoms with Gasteiger partial charge in [-0.25, -0.2) is 4.79 Å². The molecule has 0 aliphatic carbocycles. The van der Waals surface area contributed by atoms with Crippen molar-refractivity contribution in [2.75, 3.05) is 13.2 Å². The van der Waals surface area contributed by atoms with Crippen molar-refractivity contribution < 1.29 is 34.1 Å². The minimum Gasteiger partial charge on any atom is -0.480 e. The maximum Gasteiger partial charge on any atom is 0.326 e. The zero-order valence-corrected chi connectivity index (χ0v) is 14.0. The second-order valence-corrected chi connectivity index (χ2v) is 5.89. The molecule has 2 amide bonds. The summed E-state index contributed by atoms with van der Waals surface area (Å²) >= 11 is 0. The fraction of sp³-hybridized carbons (Fsp3) is 0.733. The van der Waals surface area contributed by atoms with Crippen LogP contribution in [0, 0.1) is 5.92 Å². The summed E-state index contributed by atoms with van der Waals surface area (Å²) in [5.41, 5.74) is 0. The van der Waals surface area contributed by atoms with Crippen molar-refractivity contribution in [3.05, 3.63) is 0 Å². The third-order valence-electron chi connectivity index (χ3n) is 3.91. The molecule has 0 saturated carbocycles. The van der Waals surface area contributed by atoms with Crippen molar-refractivity contribution in [1.29, 1.82) is 0 Å². The van der Waals surface area contributed by atoms with Crippen LogP contribution in [0.15, 0.2) is 0 Å². The van der Waals surface area contributed by atoms with Gasteiger partial charge in [0, 0.05) is 19.9 Å².